The van der Waals surface area contributed by atoms with Crippen molar-refractivity contribution in [2.45, 2.75) is 72.0 Å². The summed E-state index contributed by atoms with van der Waals surface area (Å²) in [5.74, 6) is 0. The van der Waals surface area contributed by atoms with Crippen LogP contribution in [0.1, 0.15) is 41.5 Å². The zero-order valence-electron chi connectivity index (χ0n) is 14.6. The minimum Gasteiger partial charge on any atom is -0.223 e. The van der Waals surface area contributed by atoms with Gasteiger partial charge in [0.25, 0.3) is 0 Å². The van der Waals surface area contributed by atoms with E-state index >= 15 is 0 Å². The summed E-state index contributed by atoms with van der Waals surface area (Å²) in [6.45, 7) is 8.72. The topological polar surface area (TPSA) is 102 Å². The van der Waals surface area contributed by atoms with Gasteiger partial charge in [0.15, 0.2) is 29.5 Å². The fourth-order valence-electron chi connectivity index (χ4n) is 1.85. The third-order valence-corrected chi connectivity index (χ3v) is 10.1. The van der Waals surface area contributed by atoms with Crippen LogP contribution in [0.25, 0.3) is 0 Å². The summed E-state index contributed by atoms with van der Waals surface area (Å²) in [5.41, 5.74) is 0. The second kappa shape index (κ2) is 6.76. The molecule has 0 spiro atoms. The summed E-state index contributed by atoms with van der Waals surface area (Å²) < 4.78 is 74.6. The maximum Gasteiger partial charge on any atom is 0.180 e. The molecule has 0 aliphatic rings. The average molecular weight is 397 g/mol. The second-order valence-electron chi connectivity index (χ2n) is 6.42. The van der Waals surface area contributed by atoms with E-state index in [1.807, 2.05) is 0 Å². The van der Waals surface area contributed by atoms with Crippen LogP contribution in [0.4, 0.5) is 0 Å². The van der Waals surface area contributed by atoms with Crippen molar-refractivity contribution in [3.05, 3.63) is 18.2 Å². The van der Waals surface area contributed by atoms with E-state index < -0.39 is 45.3 Å². The number of benzene rings is 1. The molecule has 0 bridgehead atoms. The van der Waals surface area contributed by atoms with E-state index in [1.54, 1.807) is 0 Å². The molecule has 1 rings (SSSR count). The number of hydrogen-bond donors (Lipinski definition) is 0. The average Bonchev–Trinajstić information content (AvgIpc) is 2.46. The van der Waals surface area contributed by atoms with Gasteiger partial charge in [0.05, 0.1) is 30.4 Å². The second-order valence-corrected chi connectivity index (χ2v) is 13.9. The SMILES string of the molecule is CC(C)S(=O)(=O)c1cc(S(=O)(=O)C(C)C)cc(S(=O)(=O)C(C)C)c1. The highest BCUT2D eigenvalue weighted by Crippen LogP contribution is 2.28. The molecule has 0 saturated heterocycles. The van der Waals surface area contributed by atoms with Crippen molar-refractivity contribution in [2.24, 2.45) is 0 Å². The smallest absolute Gasteiger partial charge is 0.180 e. The minimum atomic E-state index is -3.82. The van der Waals surface area contributed by atoms with Crippen LogP contribution in [-0.4, -0.2) is 41.0 Å². The molecule has 0 atom stereocenters. The van der Waals surface area contributed by atoms with E-state index in [9.17, 15) is 25.3 Å². The van der Waals surface area contributed by atoms with Crippen LogP contribution in [0, 0.1) is 0 Å². The summed E-state index contributed by atoms with van der Waals surface area (Å²) in [6.07, 6.45) is 0. The van der Waals surface area contributed by atoms with Gasteiger partial charge in [0.1, 0.15) is 0 Å². The molecule has 0 amide bonds. The first-order valence-electron chi connectivity index (χ1n) is 7.52. The first kappa shape index (κ1) is 21.1. The largest absolute Gasteiger partial charge is 0.223 e. The third-order valence-electron chi connectivity index (χ3n) is 3.70. The highest BCUT2D eigenvalue weighted by atomic mass is 32.2. The van der Waals surface area contributed by atoms with E-state index in [0.717, 1.165) is 18.2 Å². The van der Waals surface area contributed by atoms with Crippen molar-refractivity contribution >= 4 is 29.5 Å². The Kier molecular flexibility index (Phi) is 5.95. The predicted octanol–water partition coefficient (Wildman–Crippen LogP) is 2.23. The molecule has 0 saturated carbocycles. The zero-order valence-corrected chi connectivity index (χ0v) is 17.1. The van der Waals surface area contributed by atoms with Gasteiger partial charge in [-0.3, -0.25) is 0 Å². The monoisotopic (exact) mass is 396 g/mol. The van der Waals surface area contributed by atoms with Crippen molar-refractivity contribution < 1.29 is 25.3 Å². The molecule has 0 aliphatic carbocycles. The zero-order chi connectivity index (χ0) is 19.1. The molecule has 0 radical (unpaired) electrons. The Hall–Kier alpha value is -0.930. The summed E-state index contributed by atoms with van der Waals surface area (Å²) in [7, 11) is -11.5. The van der Waals surface area contributed by atoms with Gasteiger partial charge in [-0.1, -0.05) is 0 Å². The Morgan fingerprint density at radius 3 is 0.792 bits per heavy atom. The molecule has 24 heavy (non-hydrogen) atoms. The maximum atomic E-state index is 12.4. The molecule has 1 aromatic rings. The normalized spacial score (nSPS) is 13.9. The minimum absolute atomic E-state index is 0.293. The van der Waals surface area contributed by atoms with Crippen molar-refractivity contribution in [1.82, 2.24) is 0 Å². The highest BCUT2D eigenvalue weighted by Gasteiger charge is 2.29. The Labute approximate surface area is 145 Å². The quantitative estimate of drug-likeness (QED) is 0.730. The van der Waals surface area contributed by atoms with Crippen molar-refractivity contribution in [2.75, 3.05) is 0 Å². The molecule has 0 aliphatic heterocycles. The molecule has 0 N–H and O–H groups in total. The molecule has 6 nitrogen and oxygen atoms in total. The number of hydrogen-bond acceptors (Lipinski definition) is 6. The first-order valence-corrected chi connectivity index (χ1v) is 12.2. The van der Waals surface area contributed by atoms with E-state index in [-0.39, 0.29) is 14.7 Å². The summed E-state index contributed by atoms with van der Waals surface area (Å²) in [4.78, 5) is -0.879. The molecule has 0 aromatic heterocycles. The van der Waals surface area contributed by atoms with Crippen molar-refractivity contribution in [3.8, 4) is 0 Å². The van der Waals surface area contributed by atoms with Crippen LogP contribution >= 0.6 is 0 Å². The Morgan fingerprint density at radius 2 is 0.667 bits per heavy atom. The molecule has 0 heterocycles. The van der Waals surface area contributed by atoms with Gasteiger partial charge in [-0.15, -0.1) is 0 Å². The lowest BCUT2D eigenvalue weighted by Crippen LogP contribution is -2.20. The lowest BCUT2D eigenvalue weighted by molar-refractivity contribution is 0.582. The van der Waals surface area contributed by atoms with Gasteiger partial charge in [0, 0.05) is 0 Å². The molecule has 0 unspecified atom stereocenters. The van der Waals surface area contributed by atoms with E-state index in [2.05, 4.69) is 0 Å². The van der Waals surface area contributed by atoms with Crippen LogP contribution in [0.15, 0.2) is 32.9 Å². The molecule has 0 fully saturated rings. The molecule has 1 aromatic carbocycles. The van der Waals surface area contributed by atoms with Gasteiger partial charge >= 0.3 is 0 Å². The fourth-order valence-corrected chi connectivity index (χ4v) is 5.46. The maximum absolute atomic E-state index is 12.4. The standard InChI is InChI=1S/C15H24O6S3/c1-10(2)22(16,17)13-7-14(23(18,19)11(3)4)9-15(8-13)24(20,21)12(5)6/h7-12H,1-6H3. The van der Waals surface area contributed by atoms with Gasteiger partial charge < -0.3 is 0 Å². The first-order chi connectivity index (χ1) is 10.6. The number of sulfone groups is 3. The van der Waals surface area contributed by atoms with Gasteiger partial charge in [-0.25, -0.2) is 25.3 Å². The Balaban J connectivity index is 3.91. The van der Waals surface area contributed by atoms with Crippen molar-refractivity contribution in [1.29, 1.82) is 0 Å². The van der Waals surface area contributed by atoms with Crippen LogP contribution in [0.3, 0.4) is 0 Å². The molecular formula is C15H24O6S3. The molecular weight excluding hydrogens is 372 g/mol. The molecule has 138 valence electrons. The third kappa shape index (κ3) is 3.83. The van der Waals surface area contributed by atoms with Crippen LogP contribution in [0.2, 0.25) is 0 Å². The Morgan fingerprint density at radius 1 is 0.500 bits per heavy atom. The predicted molar refractivity (Wildman–Crippen MR) is 93.4 cm³/mol. The van der Waals surface area contributed by atoms with Crippen LogP contribution in [-0.2, 0) is 29.5 Å². The van der Waals surface area contributed by atoms with Crippen LogP contribution < -0.4 is 0 Å². The Bertz CT molecular complexity index is 785. The fraction of sp³-hybridized carbons (Fsp3) is 0.600. The summed E-state index contributed by atoms with van der Waals surface area (Å²) in [6, 6.07) is 3.14. The van der Waals surface area contributed by atoms with Gasteiger partial charge in [-0.05, 0) is 59.7 Å². The van der Waals surface area contributed by atoms with E-state index in [4.69, 9.17) is 0 Å². The highest BCUT2D eigenvalue weighted by molar-refractivity contribution is 7.93. The van der Waals surface area contributed by atoms with Crippen molar-refractivity contribution in [3.63, 3.8) is 0 Å². The van der Waals surface area contributed by atoms with E-state index in [1.165, 1.54) is 41.5 Å². The van der Waals surface area contributed by atoms with Gasteiger partial charge in [0.2, 0.25) is 0 Å². The lowest BCUT2D eigenvalue weighted by Gasteiger charge is -2.15. The molecule has 9 heteroatoms. The number of rotatable bonds is 6. The summed E-state index contributed by atoms with van der Waals surface area (Å²) >= 11 is 0. The van der Waals surface area contributed by atoms with E-state index in [0.29, 0.717) is 0 Å². The summed E-state index contributed by atoms with van der Waals surface area (Å²) in [5, 5.41) is -2.41. The lowest BCUT2D eigenvalue weighted by atomic mass is 10.4. The van der Waals surface area contributed by atoms with Gasteiger partial charge in [-0.2, -0.15) is 0 Å². The van der Waals surface area contributed by atoms with Crippen LogP contribution in [0.5, 0.6) is 0 Å².